The first-order valence-corrected chi connectivity index (χ1v) is 4.40. The van der Waals surface area contributed by atoms with E-state index in [0.29, 0.717) is 0 Å². The fourth-order valence-electron chi connectivity index (χ4n) is 0.955. The number of hydrogen-bond donors (Lipinski definition) is 0. The van der Waals surface area contributed by atoms with Crippen molar-refractivity contribution in [1.29, 1.82) is 0 Å². The van der Waals surface area contributed by atoms with Crippen LogP contribution in [0.3, 0.4) is 0 Å². The van der Waals surface area contributed by atoms with Gasteiger partial charge >= 0.3 is 0 Å². The predicted molar refractivity (Wildman–Crippen MR) is 53.1 cm³/mol. The van der Waals surface area contributed by atoms with Crippen LogP contribution < -0.4 is 0 Å². The highest BCUT2D eigenvalue weighted by atomic mass is 79.9. The topological polar surface area (TPSA) is 17.1 Å². The van der Waals surface area contributed by atoms with E-state index in [2.05, 4.69) is 22.5 Å². The largest absolute Gasteiger partial charge is 0.302 e. The molecule has 0 spiro atoms. The second kappa shape index (κ2) is 4.21. The fraction of sp³-hybridized carbons (Fsp3) is 0.100. The Morgan fingerprint density at radius 2 is 1.92 bits per heavy atom. The second-order valence-corrected chi connectivity index (χ2v) is 3.36. The van der Waals surface area contributed by atoms with E-state index >= 15 is 0 Å². The quantitative estimate of drug-likeness (QED) is 0.571. The van der Waals surface area contributed by atoms with Gasteiger partial charge in [-0.1, -0.05) is 34.1 Å². The molecule has 0 N–H and O–H groups in total. The molecule has 0 aliphatic carbocycles. The summed E-state index contributed by atoms with van der Waals surface area (Å²) in [6.07, 6.45) is 2.52. The van der Waals surface area contributed by atoms with Gasteiger partial charge in [0.1, 0.15) is 6.29 Å². The zero-order valence-corrected chi connectivity index (χ0v) is 8.12. The molecule has 0 fully saturated rings. The average Bonchev–Trinajstić information content (AvgIpc) is 2.10. The molecule has 0 amide bonds. The third-order valence-electron chi connectivity index (χ3n) is 1.66. The number of rotatable bonds is 3. The lowest BCUT2D eigenvalue weighted by molar-refractivity contribution is -0.108. The van der Waals surface area contributed by atoms with E-state index in [1.807, 2.05) is 24.3 Å². The van der Waals surface area contributed by atoms with Gasteiger partial charge in [0.15, 0.2) is 0 Å². The maximum atomic E-state index is 10.5. The van der Waals surface area contributed by atoms with E-state index in [9.17, 15) is 4.79 Å². The number of carbonyl (C=O) groups is 1. The number of allylic oxidation sites excluding steroid dienone is 1. The molecule has 0 aliphatic rings. The molecular weight excluding hydrogens is 216 g/mol. The van der Waals surface area contributed by atoms with E-state index in [0.717, 1.165) is 16.3 Å². The molecule has 1 atom stereocenters. The Kier molecular flexibility index (Phi) is 3.23. The zero-order chi connectivity index (χ0) is 8.97. The third kappa shape index (κ3) is 2.05. The van der Waals surface area contributed by atoms with Gasteiger partial charge in [0.05, 0.1) is 5.92 Å². The summed E-state index contributed by atoms with van der Waals surface area (Å²) in [5.41, 5.74) is 0.975. The molecule has 0 radical (unpaired) electrons. The Morgan fingerprint density at radius 1 is 1.33 bits per heavy atom. The summed E-state index contributed by atoms with van der Waals surface area (Å²) >= 11 is 3.32. The number of carbonyl (C=O) groups excluding carboxylic acids is 1. The van der Waals surface area contributed by atoms with E-state index in [-0.39, 0.29) is 5.92 Å². The standard InChI is InChI=1S/C10H9BrO/c1-2-8(7-12)9-3-5-10(11)6-4-9/h2-8H,1H2. The summed E-state index contributed by atoms with van der Waals surface area (Å²) < 4.78 is 1.01. The van der Waals surface area contributed by atoms with Crippen LogP contribution in [0.1, 0.15) is 11.5 Å². The van der Waals surface area contributed by atoms with Gasteiger partial charge in [-0.3, -0.25) is 0 Å². The van der Waals surface area contributed by atoms with Crippen molar-refractivity contribution < 1.29 is 4.79 Å². The minimum absolute atomic E-state index is 0.182. The van der Waals surface area contributed by atoms with Crippen molar-refractivity contribution in [3.05, 3.63) is 47.0 Å². The monoisotopic (exact) mass is 224 g/mol. The highest BCUT2D eigenvalue weighted by molar-refractivity contribution is 9.10. The fourth-order valence-corrected chi connectivity index (χ4v) is 1.22. The molecule has 1 rings (SSSR count). The normalized spacial score (nSPS) is 12.1. The summed E-state index contributed by atoms with van der Waals surface area (Å²) in [7, 11) is 0. The first kappa shape index (κ1) is 9.20. The minimum Gasteiger partial charge on any atom is -0.302 e. The van der Waals surface area contributed by atoms with Crippen LogP contribution >= 0.6 is 15.9 Å². The molecule has 0 heterocycles. The highest BCUT2D eigenvalue weighted by Crippen LogP contribution is 2.17. The summed E-state index contributed by atoms with van der Waals surface area (Å²) in [6.45, 7) is 3.59. The van der Waals surface area contributed by atoms with Crippen molar-refractivity contribution >= 4 is 22.2 Å². The minimum atomic E-state index is -0.182. The van der Waals surface area contributed by atoms with Crippen LogP contribution in [0.5, 0.6) is 0 Å². The average molecular weight is 225 g/mol. The molecule has 0 saturated carbocycles. The molecule has 0 aromatic heterocycles. The van der Waals surface area contributed by atoms with Gasteiger partial charge in [-0.05, 0) is 17.7 Å². The van der Waals surface area contributed by atoms with Gasteiger partial charge in [-0.15, -0.1) is 6.58 Å². The molecule has 1 unspecified atom stereocenters. The lowest BCUT2D eigenvalue weighted by Gasteiger charge is -2.03. The first-order chi connectivity index (χ1) is 5.77. The van der Waals surface area contributed by atoms with Crippen molar-refractivity contribution in [2.45, 2.75) is 5.92 Å². The number of halogens is 1. The Morgan fingerprint density at radius 3 is 2.33 bits per heavy atom. The predicted octanol–water partition coefficient (Wildman–Crippen LogP) is 2.92. The highest BCUT2D eigenvalue weighted by Gasteiger charge is 2.03. The molecular formula is C10H9BrO. The van der Waals surface area contributed by atoms with E-state index in [4.69, 9.17) is 0 Å². The van der Waals surface area contributed by atoms with E-state index in [1.54, 1.807) is 6.08 Å². The van der Waals surface area contributed by atoms with Gasteiger partial charge in [0, 0.05) is 4.47 Å². The van der Waals surface area contributed by atoms with Crippen molar-refractivity contribution in [2.75, 3.05) is 0 Å². The van der Waals surface area contributed by atoms with Crippen LogP contribution in [-0.2, 0) is 4.79 Å². The molecule has 0 aliphatic heterocycles. The van der Waals surface area contributed by atoms with Crippen LogP contribution in [0.25, 0.3) is 0 Å². The van der Waals surface area contributed by atoms with Crippen molar-refractivity contribution in [2.24, 2.45) is 0 Å². The lowest BCUT2D eigenvalue weighted by atomic mass is 10.0. The molecule has 62 valence electrons. The van der Waals surface area contributed by atoms with Crippen LogP contribution in [-0.4, -0.2) is 6.29 Å². The first-order valence-electron chi connectivity index (χ1n) is 3.61. The summed E-state index contributed by atoms with van der Waals surface area (Å²) in [5.74, 6) is -0.182. The van der Waals surface area contributed by atoms with E-state index < -0.39 is 0 Å². The van der Waals surface area contributed by atoms with Crippen LogP contribution in [0.15, 0.2) is 41.4 Å². The number of aldehydes is 1. The van der Waals surface area contributed by atoms with E-state index in [1.165, 1.54) is 0 Å². The molecule has 0 bridgehead atoms. The van der Waals surface area contributed by atoms with Crippen LogP contribution in [0.4, 0.5) is 0 Å². The van der Waals surface area contributed by atoms with Gasteiger partial charge in [0.25, 0.3) is 0 Å². The zero-order valence-electron chi connectivity index (χ0n) is 6.53. The SMILES string of the molecule is C=CC(C=O)c1ccc(Br)cc1. The maximum absolute atomic E-state index is 10.5. The molecule has 12 heavy (non-hydrogen) atoms. The molecule has 1 aromatic rings. The number of hydrogen-bond acceptors (Lipinski definition) is 1. The van der Waals surface area contributed by atoms with Gasteiger partial charge in [-0.2, -0.15) is 0 Å². The van der Waals surface area contributed by atoms with Gasteiger partial charge in [0.2, 0.25) is 0 Å². The Hall–Kier alpha value is -0.890. The van der Waals surface area contributed by atoms with Gasteiger partial charge in [-0.25, -0.2) is 0 Å². The van der Waals surface area contributed by atoms with Crippen LogP contribution in [0, 0.1) is 0 Å². The molecule has 0 saturated heterocycles. The number of benzene rings is 1. The Balaban J connectivity index is 2.94. The third-order valence-corrected chi connectivity index (χ3v) is 2.18. The van der Waals surface area contributed by atoms with Crippen molar-refractivity contribution in [3.8, 4) is 0 Å². The molecule has 2 heteroatoms. The van der Waals surface area contributed by atoms with Crippen molar-refractivity contribution in [3.63, 3.8) is 0 Å². The molecule has 1 aromatic carbocycles. The lowest BCUT2D eigenvalue weighted by Crippen LogP contribution is -1.94. The Labute approximate surface area is 80.2 Å². The van der Waals surface area contributed by atoms with Crippen LogP contribution in [0.2, 0.25) is 0 Å². The second-order valence-electron chi connectivity index (χ2n) is 2.45. The smallest absolute Gasteiger partial charge is 0.131 e. The molecule has 1 nitrogen and oxygen atoms in total. The van der Waals surface area contributed by atoms with Crippen molar-refractivity contribution in [1.82, 2.24) is 0 Å². The Bertz CT molecular complexity index is 268. The van der Waals surface area contributed by atoms with Gasteiger partial charge < -0.3 is 4.79 Å². The summed E-state index contributed by atoms with van der Waals surface area (Å²) in [5, 5.41) is 0. The maximum Gasteiger partial charge on any atom is 0.131 e. The summed E-state index contributed by atoms with van der Waals surface area (Å²) in [4.78, 5) is 10.5. The summed E-state index contributed by atoms with van der Waals surface area (Å²) in [6, 6.07) is 7.64.